The lowest BCUT2D eigenvalue weighted by molar-refractivity contribution is 0.588. The first kappa shape index (κ1) is 30.3. The Balaban J connectivity index is 1.34. The molecule has 4 aromatic heterocycles. The third kappa shape index (κ3) is 4.81. The summed E-state index contributed by atoms with van der Waals surface area (Å²) in [7, 11) is 0. The van der Waals surface area contributed by atoms with E-state index in [0.29, 0.717) is 0 Å². The molecule has 0 radical (unpaired) electrons. The Hall–Kier alpha value is -5.74. The highest BCUT2D eigenvalue weighted by Crippen LogP contribution is 2.39. The van der Waals surface area contributed by atoms with Gasteiger partial charge in [0.1, 0.15) is 5.82 Å². The maximum absolute atomic E-state index is 4.99. The highest BCUT2D eigenvalue weighted by Gasteiger charge is 2.21. The zero-order chi connectivity index (χ0) is 34.4. The number of pyridine rings is 2. The van der Waals surface area contributed by atoms with Crippen LogP contribution in [0.15, 0.2) is 134 Å². The summed E-state index contributed by atoms with van der Waals surface area (Å²) in [5, 5.41) is 7.35. The molecule has 0 unspecified atom stereocenters. The van der Waals surface area contributed by atoms with Crippen LogP contribution < -0.4 is 0 Å². The molecule has 0 aliphatic heterocycles. The van der Waals surface area contributed by atoms with Crippen LogP contribution in [0.1, 0.15) is 52.7 Å². The van der Waals surface area contributed by atoms with Crippen LogP contribution in [0.2, 0.25) is 0 Å². The van der Waals surface area contributed by atoms with Crippen molar-refractivity contribution in [1.82, 2.24) is 19.1 Å². The Morgan fingerprint density at radius 3 is 1.82 bits per heavy atom. The zero-order valence-electron chi connectivity index (χ0n) is 29.5. The van der Waals surface area contributed by atoms with Crippen molar-refractivity contribution in [3.05, 3.63) is 145 Å². The molecule has 0 N–H and O–H groups in total. The van der Waals surface area contributed by atoms with Crippen LogP contribution in [0.25, 0.3) is 77.1 Å². The van der Waals surface area contributed by atoms with Gasteiger partial charge in [0, 0.05) is 45.2 Å². The molecule has 9 aromatic rings. The van der Waals surface area contributed by atoms with Crippen LogP contribution in [0.3, 0.4) is 0 Å². The summed E-state index contributed by atoms with van der Waals surface area (Å²) in [6.07, 6.45) is 3.89. The van der Waals surface area contributed by atoms with E-state index in [0.717, 1.165) is 39.3 Å². The number of nitrogens with zero attached hydrogens (tertiary/aromatic N) is 4. The SMILES string of the molecule is CC(C)(C)c1ccnc(-c2ccc3c4ccccc4n(-c4ccc5c6cc7ccccc7cc6n(-c6cc(C(C)(C)C)ccn6)c5c4)c3c2)c1. The van der Waals surface area contributed by atoms with Gasteiger partial charge in [-0.3, -0.25) is 9.55 Å². The summed E-state index contributed by atoms with van der Waals surface area (Å²) >= 11 is 0. The number of fused-ring (bicyclic) bond motifs is 7. The van der Waals surface area contributed by atoms with E-state index >= 15 is 0 Å². The fourth-order valence-electron chi connectivity index (χ4n) is 7.55. The molecule has 4 nitrogen and oxygen atoms in total. The average molecular weight is 649 g/mol. The van der Waals surface area contributed by atoms with Gasteiger partial charge in [-0.05, 0) is 93.4 Å². The van der Waals surface area contributed by atoms with E-state index < -0.39 is 0 Å². The Morgan fingerprint density at radius 1 is 0.440 bits per heavy atom. The van der Waals surface area contributed by atoms with E-state index in [9.17, 15) is 0 Å². The standard InChI is InChI=1S/C46H40N4/c1-45(2,3)32-19-21-47-39(26-32)31-15-17-36-35-13-9-10-14-40(35)49(41(36)25-31)34-16-18-37-38-23-29-11-7-8-12-30(29)24-42(38)50(43(37)28-34)44-27-33(20-22-48-44)46(4,5)6/h7-28H,1-6H3. The lowest BCUT2D eigenvalue weighted by Gasteiger charge is -2.20. The smallest absolute Gasteiger partial charge is 0.137 e. The number of hydrogen-bond acceptors (Lipinski definition) is 2. The average Bonchev–Trinajstić information content (AvgIpc) is 3.61. The van der Waals surface area contributed by atoms with Crippen molar-refractivity contribution in [2.75, 3.05) is 0 Å². The first-order chi connectivity index (χ1) is 24.0. The Morgan fingerprint density at radius 2 is 1.04 bits per heavy atom. The lowest BCUT2D eigenvalue weighted by atomic mass is 9.87. The van der Waals surface area contributed by atoms with Crippen LogP contribution >= 0.6 is 0 Å². The molecule has 50 heavy (non-hydrogen) atoms. The Bertz CT molecular complexity index is 2780. The van der Waals surface area contributed by atoms with Gasteiger partial charge in [0.25, 0.3) is 0 Å². The fourth-order valence-corrected chi connectivity index (χ4v) is 7.55. The van der Waals surface area contributed by atoms with Crippen LogP contribution in [-0.4, -0.2) is 19.1 Å². The van der Waals surface area contributed by atoms with Crippen molar-refractivity contribution in [1.29, 1.82) is 0 Å². The van der Waals surface area contributed by atoms with Gasteiger partial charge in [-0.25, -0.2) is 4.98 Å². The summed E-state index contributed by atoms with van der Waals surface area (Å²) in [5.41, 5.74) is 10.4. The molecule has 0 saturated carbocycles. The molecule has 0 bridgehead atoms. The van der Waals surface area contributed by atoms with Crippen molar-refractivity contribution in [2.45, 2.75) is 52.4 Å². The minimum Gasteiger partial charge on any atom is -0.309 e. The number of aromatic nitrogens is 4. The maximum Gasteiger partial charge on any atom is 0.137 e. The van der Waals surface area contributed by atoms with Crippen molar-refractivity contribution in [3.8, 4) is 22.8 Å². The van der Waals surface area contributed by atoms with E-state index in [-0.39, 0.29) is 10.8 Å². The quantitative estimate of drug-likeness (QED) is 0.191. The lowest BCUT2D eigenvalue weighted by Crippen LogP contribution is -2.12. The van der Waals surface area contributed by atoms with E-state index in [2.05, 4.69) is 172 Å². The molecule has 0 aliphatic carbocycles. The molecule has 0 atom stereocenters. The van der Waals surface area contributed by atoms with Crippen LogP contribution in [0.5, 0.6) is 0 Å². The van der Waals surface area contributed by atoms with Crippen LogP contribution in [0, 0.1) is 0 Å². The summed E-state index contributed by atoms with van der Waals surface area (Å²) < 4.78 is 4.77. The van der Waals surface area contributed by atoms with Gasteiger partial charge in [0.15, 0.2) is 0 Å². The highest BCUT2D eigenvalue weighted by molar-refractivity contribution is 6.15. The second kappa shape index (κ2) is 10.9. The molecule has 244 valence electrons. The highest BCUT2D eigenvalue weighted by atomic mass is 15.1. The minimum atomic E-state index is -0.00373. The Kier molecular flexibility index (Phi) is 6.60. The molecule has 4 heteroatoms. The van der Waals surface area contributed by atoms with Gasteiger partial charge in [0.2, 0.25) is 0 Å². The molecular weight excluding hydrogens is 609 g/mol. The normalized spacial score (nSPS) is 12.6. The number of hydrogen-bond donors (Lipinski definition) is 0. The van der Waals surface area contributed by atoms with E-state index in [1.54, 1.807) is 0 Å². The molecule has 0 aliphatic rings. The van der Waals surface area contributed by atoms with Crippen molar-refractivity contribution < 1.29 is 0 Å². The first-order valence-electron chi connectivity index (χ1n) is 17.5. The summed E-state index contributed by atoms with van der Waals surface area (Å²) in [6, 6.07) is 44.5. The van der Waals surface area contributed by atoms with Gasteiger partial charge in [-0.15, -0.1) is 0 Å². The Labute approximate surface area is 292 Å². The predicted molar refractivity (Wildman–Crippen MR) is 211 cm³/mol. The molecule has 0 saturated heterocycles. The zero-order valence-corrected chi connectivity index (χ0v) is 29.5. The predicted octanol–water partition coefficient (Wildman–Crippen LogP) is 12.1. The minimum absolute atomic E-state index is 0.00373. The molecule has 4 heterocycles. The number of rotatable bonds is 3. The summed E-state index contributed by atoms with van der Waals surface area (Å²) in [4.78, 5) is 9.81. The molecular formula is C46H40N4. The third-order valence-electron chi connectivity index (χ3n) is 10.3. The van der Waals surface area contributed by atoms with E-state index in [4.69, 9.17) is 9.97 Å². The second-order valence-corrected chi connectivity index (χ2v) is 15.7. The number of para-hydroxylation sites is 1. The fraction of sp³-hybridized carbons (Fsp3) is 0.174. The molecule has 0 spiro atoms. The van der Waals surface area contributed by atoms with Crippen molar-refractivity contribution >= 4 is 54.4 Å². The molecule has 0 amide bonds. The topological polar surface area (TPSA) is 35.6 Å². The summed E-state index contributed by atoms with van der Waals surface area (Å²) in [6.45, 7) is 13.5. The largest absolute Gasteiger partial charge is 0.309 e. The maximum atomic E-state index is 4.99. The van der Waals surface area contributed by atoms with Gasteiger partial charge in [-0.1, -0.05) is 102 Å². The molecule has 9 rings (SSSR count). The van der Waals surface area contributed by atoms with Gasteiger partial charge < -0.3 is 4.57 Å². The monoisotopic (exact) mass is 648 g/mol. The van der Waals surface area contributed by atoms with E-state index in [1.165, 1.54) is 49.0 Å². The van der Waals surface area contributed by atoms with Gasteiger partial charge >= 0.3 is 0 Å². The van der Waals surface area contributed by atoms with E-state index in [1.807, 2.05) is 12.4 Å². The van der Waals surface area contributed by atoms with Gasteiger partial charge in [0.05, 0.1) is 27.8 Å². The number of benzene rings is 5. The van der Waals surface area contributed by atoms with Crippen LogP contribution in [-0.2, 0) is 10.8 Å². The third-order valence-corrected chi connectivity index (χ3v) is 10.3. The molecule has 5 aromatic carbocycles. The van der Waals surface area contributed by atoms with Crippen molar-refractivity contribution in [3.63, 3.8) is 0 Å². The summed E-state index contributed by atoms with van der Waals surface area (Å²) in [5.74, 6) is 0.930. The second-order valence-electron chi connectivity index (χ2n) is 15.7. The molecule has 0 fully saturated rings. The van der Waals surface area contributed by atoms with Crippen LogP contribution in [0.4, 0.5) is 0 Å². The first-order valence-corrected chi connectivity index (χ1v) is 17.5. The van der Waals surface area contributed by atoms with Gasteiger partial charge in [-0.2, -0.15) is 0 Å². The van der Waals surface area contributed by atoms with Crippen molar-refractivity contribution in [2.24, 2.45) is 0 Å².